The molecule has 0 spiro atoms. The predicted molar refractivity (Wildman–Crippen MR) is 80.3 cm³/mol. The van der Waals surface area contributed by atoms with Crippen molar-refractivity contribution in [3.63, 3.8) is 0 Å². The minimum Gasteiger partial charge on any atom is -0.478 e. The van der Waals surface area contributed by atoms with Gasteiger partial charge in [0.25, 0.3) is 0 Å². The minimum absolute atomic E-state index is 0.00376. The van der Waals surface area contributed by atoms with Gasteiger partial charge in [0, 0.05) is 16.2 Å². The topological polar surface area (TPSA) is 83.9 Å². The molecule has 0 radical (unpaired) electrons. The Labute approximate surface area is 130 Å². The van der Waals surface area contributed by atoms with E-state index in [1.165, 1.54) is 22.5 Å². The Morgan fingerprint density at radius 3 is 2.80 bits per heavy atom. The number of carboxylic acids is 1. The first-order valence-electron chi connectivity index (χ1n) is 5.96. The number of morpholine rings is 1. The Hall–Kier alpha value is -0.710. The zero-order valence-electron chi connectivity index (χ0n) is 10.7. The molecule has 0 bridgehead atoms. The van der Waals surface area contributed by atoms with Crippen molar-refractivity contribution in [3.8, 4) is 0 Å². The van der Waals surface area contributed by atoms with Crippen LogP contribution in [0.25, 0.3) is 0 Å². The summed E-state index contributed by atoms with van der Waals surface area (Å²) in [4.78, 5) is 11.1. The van der Waals surface area contributed by atoms with Gasteiger partial charge in [0.2, 0.25) is 10.0 Å². The molecule has 1 atom stereocenters. The molecule has 6 nitrogen and oxygen atoms in total. The van der Waals surface area contributed by atoms with Crippen LogP contribution in [-0.4, -0.2) is 49.6 Å². The SMILES string of the molecule is CC1COCCN1S(=O)(=O)c1ccc(I)c(C(=O)O)c1. The fraction of sp³-hybridized carbons (Fsp3) is 0.417. The van der Waals surface area contributed by atoms with Crippen molar-refractivity contribution >= 4 is 38.6 Å². The average molecular weight is 411 g/mol. The van der Waals surface area contributed by atoms with E-state index in [9.17, 15) is 13.2 Å². The van der Waals surface area contributed by atoms with Crippen molar-refractivity contribution in [2.45, 2.75) is 17.9 Å². The molecule has 0 amide bonds. The summed E-state index contributed by atoms with van der Waals surface area (Å²) >= 11 is 1.87. The number of halogens is 1. The van der Waals surface area contributed by atoms with Crippen molar-refractivity contribution in [2.24, 2.45) is 0 Å². The Morgan fingerprint density at radius 1 is 1.50 bits per heavy atom. The fourth-order valence-electron chi connectivity index (χ4n) is 2.03. The van der Waals surface area contributed by atoms with Gasteiger partial charge in [-0.1, -0.05) is 0 Å². The molecule has 8 heteroatoms. The molecular weight excluding hydrogens is 397 g/mol. The van der Waals surface area contributed by atoms with E-state index < -0.39 is 16.0 Å². The summed E-state index contributed by atoms with van der Waals surface area (Å²) in [5.41, 5.74) is -0.00686. The van der Waals surface area contributed by atoms with Crippen LogP contribution in [-0.2, 0) is 14.8 Å². The highest BCUT2D eigenvalue weighted by atomic mass is 127. The van der Waals surface area contributed by atoms with Crippen LogP contribution in [0.3, 0.4) is 0 Å². The highest BCUT2D eigenvalue weighted by Gasteiger charge is 2.32. The molecular formula is C12H14INO5S. The van der Waals surface area contributed by atoms with E-state index in [-0.39, 0.29) is 23.0 Å². The zero-order chi connectivity index (χ0) is 14.9. The van der Waals surface area contributed by atoms with E-state index in [4.69, 9.17) is 9.84 Å². The van der Waals surface area contributed by atoms with Gasteiger partial charge in [0.05, 0.1) is 23.7 Å². The number of nitrogens with zero attached hydrogens (tertiary/aromatic N) is 1. The molecule has 0 aromatic heterocycles. The first kappa shape index (κ1) is 15.7. The van der Waals surface area contributed by atoms with Crippen LogP contribution in [0.2, 0.25) is 0 Å². The highest BCUT2D eigenvalue weighted by molar-refractivity contribution is 14.1. The normalized spacial score (nSPS) is 20.8. The fourth-order valence-corrected chi connectivity index (χ4v) is 4.23. The lowest BCUT2D eigenvalue weighted by Crippen LogP contribution is -2.46. The van der Waals surface area contributed by atoms with Crippen molar-refractivity contribution in [1.82, 2.24) is 4.31 Å². The Morgan fingerprint density at radius 2 is 2.20 bits per heavy atom. The molecule has 1 saturated heterocycles. The van der Waals surface area contributed by atoms with Gasteiger partial charge in [0.1, 0.15) is 0 Å². The second-order valence-electron chi connectivity index (χ2n) is 4.49. The molecule has 1 aliphatic heterocycles. The summed E-state index contributed by atoms with van der Waals surface area (Å²) < 4.78 is 32.2. The van der Waals surface area contributed by atoms with Crippen molar-refractivity contribution in [2.75, 3.05) is 19.8 Å². The van der Waals surface area contributed by atoms with Gasteiger partial charge in [-0.15, -0.1) is 0 Å². The van der Waals surface area contributed by atoms with Crippen LogP contribution in [0.4, 0.5) is 0 Å². The molecule has 1 aliphatic rings. The van der Waals surface area contributed by atoms with Crippen LogP contribution in [0.15, 0.2) is 23.1 Å². The van der Waals surface area contributed by atoms with E-state index in [0.717, 1.165) is 0 Å². The summed E-state index contributed by atoms with van der Waals surface area (Å²) in [6.07, 6.45) is 0. The maximum Gasteiger partial charge on any atom is 0.336 e. The lowest BCUT2D eigenvalue weighted by Gasteiger charge is -2.32. The van der Waals surface area contributed by atoms with Gasteiger partial charge < -0.3 is 9.84 Å². The number of carbonyl (C=O) groups is 1. The maximum atomic E-state index is 12.6. The van der Waals surface area contributed by atoms with E-state index in [1.54, 1.807) is 6.92 Å². The van der Waals surface area contributed by atoms with Crippen LogP contribution >= 0.6 is 22.6 Å². The standard InChI is InChI=1S/C12H14INO5S/c1-8-7-19-5-4-14(8)20(17,18)9-2-3-11(13)10(6-9)12(15)16/h2-3,6,8H,4-5,7H2,1H3,(H,15,16). The van der Waals surface area contributed by atoms with Crippen molar-refractivity contribution < 1.29 is 23.1 Å². The van der Waals surface area contributed by atoms with Gasteiger partial charge >= 0.3 is 5.97 Å². The van der Waals surface area contributed by atoms with Gasteiger partial charge in [-0.05, 0) is 47.7 Å². The lowest BCUT2D eigenvalue weighted by molar-refractivity contribution is 0.0392. The second-order valence-corrected chi connectivity index (χ2v) is 7.54. The number of rotatable bonds is 3. The van der Waals surface area contributed by atoms with Gasteiger partial charge in [0.15, 0.2) is 0 Å². The number of ether oxygens (including phenoxy) is 1. The third-order valence-corrected chi connectivity index (χ3v) is 6.03. The first-order chi connectivity index (χ1) is 9.34. The number of sulfonamides is 1. The molecule has 110 valence electrons. The third-order valence-electron chi connectivity index (χ3n) is 3.08. The van der Waals surface area contributed by atoms with Gasteiger partial charge in [-0.3, -0.25) is 0 Å². The Balaban J connectivity index is 2.44. The molecule has 0 aliphatic carbocycles. The second kappa shape index (κ2) is 5.96. The van der Waals surface area contributed by atoms with E-state index in [1.807, 2.05) is 22.6 Å². The number of hydrogen-bond donors (Lipinski definition) is 1. The molecule has 2 rings (SSSR count). The monoisotopic (exact) mass is 411 g/mol. The number of aromatic carboxylic acids is 1. The number of benzene rings is 1. The summed E-state index contributed by atoms with van der Waals surface area (Å²) in [5.74, 6) is -1.14. The number of hydrogen-bond acceptors (Lipinski definition) is 4. The predicted octanol–water partition coefficient (Wildman–Crippen LogP) is 1.40. The van der Waals surface area contributed by atoms with E-state index in [2.05, 4.69) is 0 Å². The average Bonchev–Trinajstić information content (AvgIpc) is 2.38. The van der Waals surface area contributed by atoms with Crippen LogP contribution < -0.4 is 0 Å². The van der Waals surface area contributed by atoms with Gasteiger partial charge in [-0.25, -0.2) is 13.2 Å². The van der Waals surface area contributed by atoms with Gasteiger partial charge in [-0.2, -0.15) is 4.31 Å². The lowest BCUT2D eigenvalue weighted by atomic mass is 10.2. The number of carboxylic acid groups (broad SMARTS) is 1. The molecule has 1 N–H and O–H groups in total. The highest BCUT2D eigenvalue weighted by Crippen LogP contribution is 2.23. The van der Waals surface area contributed by atoms with E-state index >= 15 is 0 Å². The Kier molecular flexibility index (Phi) is 4.67. The maximum absolute atomic E-state index is 12.6. The van der Waals surface area contributed by atoms with Crippen LogP contribution in [0.5, 0.6) is 0 Å². The largest absolute Gasteiger partial charge is 0.478 e. The molecule has 20 heavy (non-hydrogen) atoms. The quantitative estimate of drug-likeness (QED) is 0.761. The first-order valence-corrected chi connectivity index (χ1v) is 8.48. The molecule has 1 unspecified atom stereocenters. The van der Waals surface area contributed by atoms with E-state index in [0.29, 0.717) is 16.8 Å². The molecule has 1 heterocycles. The van der Waals surface area contributed by atoms with Crippen LogP contribution in [0, 0.1) is 3.57 Å². The summed E-state index contributed by atoms with van der Waals surface area (Å²) in [5, 5.41) is 9.08. The summed E-state index contributed by atoms with van der Waals surface area (Å²) in [6.45, 7) is 2.73. The van der Waals surface area contributed by atoms with Crippen molar-refractivity contribution in [3.05, 3.63) is 27.3 Å². The zero-order valence-corrected chi connectivity index (χ0v) is 13.7. The molecule has 1 fully saturated rings. The van der Waals surface area contributed by atoms with Crippen molar-refractivity contribution in [1.29, 1.82) is 0 Å². The summed E-state index contributed by atoms with van der Waals surface area (Å²) in [7, 11) is -3.70. The third kappa shape index (κ3) is 2.97. The smallest absolute Gasteiger partial charge is 0.336 e. The molecule has 0 saturated carbocycles. The minimum atomic E-state index is -3.70. The Bertz CT molecular complexity index is 631. The molecule has 1 aromatic rings. The van der Waals surface area contributed by atoms with Crippen LogP contribution in [0.1, 0.15) is 17.3 Å². The molecule has 1 aromatic carbocycles. The summed E-state index contributed by atoms with van der Waals surface area (Å²) in [6, 6.07) is 3.89.